The first-order valence-electron chi connectivity index (χ1n) is 8.04. The van der Waals surface area contributed by atoms with E-state index in [0.29, 0.717) is 28.5 Å². The minimum Gasteiger partial charge on any atom is -0.465 e. The van der Waals surface area contributed by atoms with Gasteiger partial charge in [-0.1, -0.05) is 23.7 Å². The van der Waals surface area contributed by atoms with Crippen molar-refractivity contribution in [3.63, 3.8) is 0 Å². The molecule has 0 fully saturated rings. The maximum Gasteiger partial charge on any atom is 0.257 e. The lowest BCUT2D eigenvalue weighted by molar-refractivity contribution is 0.0949. The summed E-state index contributed by atoms with van der Waals surface area (Å²) in [5, 5.41) is 7.82. The maximum atomic E-state index is 12.5. The molecule has 4 rings (SSSR count). The first-order chi connectivity index (χ1) is 12.6. The van der Waals surface area contributed by atoms with E-state index in [4.69, 9.17) is 16.0 Å². The molecule has 0 aliphatic carbocycles. The average molecular weight is 367 g/mol. The number of nitrogens with one attached hydrogen (secondary N) is 1. The number of benzene rings is 1. The number of carbonyl (C=O) groups is 1. The molecule has 3 heterocycles. The van der Waals surface area contributed by atoms with Crippen molar-refractivity contribution in [2.75, 3.05) is 0 Å². The molecule has 26 heavy (non-hydrogen) atoms. The van der Waals surface area contributed by atoms with Crippen molar-refractivity contribution < 1.29 is 9.21 Å². The van der Waals surface area contributed by atoms with Gasteiger partial charge in [-0.3, -0.25) is 4.79 Å². The van der Waals surface area contributed by atoms with Gasteiger partial charge in [-0.2, -0.15) is 5.10 Å². The van der Waals surface area contributed by atoms with Crippen LogP contribution in [0.2, 0.25) is 5.02 Å². The van der Waals surface area contributed by atoms with E-state index in [-0.39, 0.29) is 5.91 Å². The molecule has 1 amide bonds. The predicted molar refractivity (Wildman–Crippen MR) is 98.0 cm³/mol. The molecule has 0 saturated carbocycles. The molecule has 0 bridgehead atoms. The van der Waals surface area contributed by atoms with Crippen LogP contribution in [0.15, 0.2) is 59.3 Å². The van der Waals surface area contributed by atoms with Gasteiger partial charge in [-0.05, 0) is 37.3 Å². The Labute approximate surface area is 154 Å². The third kappa shape index (κ3) is 3.07. The predicted octanol–water partition coefficient (Wildman–Crippen LogP) is 3.88. The molecule has 1 N–H and O–H groups in total. The number of hydrogen-bond donors (Lipinski definition) is 1. The smallest absolute Gasteiger partial charge is 0.257 e. The first-order valence-corrected chi connectivity index (χ1v) is 8.42. The van der Waals surface area contributed by atoms with Gasteiger partial charge in [0.25, 0.3) is 5.91 Å². The monoisotopic (exact) mass is 366 g/mol. The molecule has 4 aromatic rings. The summed E-state index contributed by atoms with van der Waals surface area (Å²) >= 11 is 5.95. The van der Waals surface area contributed by atoms with E-state index >= 15 is 0 Å². The summed E-state index contributed by atoms with van der Waals surface area (Å²) in [4.78, 5) is 16.8. The summed E-state index contributed by atoms with van der Waals surface area (Å²) < 4.78 is 7.11. The summed E-state index contributed by atoms with van der Waals surface area (Å²) in [6.45, 7) is 2.17. The molecule has 0 unspecified atom stereocenters. The van der Waals surface area contributed by atoms with Crippen molar-refractivity contribution in [2.24, 2.45) is 0 Å². The first kappa shape index (κ1) is 16.4. The second-order valence-electron chi connectivity index (χ2n) is 5.83. The van der Waals surface area contributed by atoms with Crippen LogP contribution in [0.25, 0.3) is 16.9 Å². The van der Waals surface area contributed by atoms with Gasteiger partial charge in [0.2, 0.25) is 0 Å². The Hall–Kier alpha value is -3.12. The highest BCUT2D eigenvalue weighted by Crippen LogP contribution is 2.22. The number of hydrogen-bond acceptors (Lipinski definition) is 4. The highest BCUT2D eigenvalue weighted by atomic mass is 35.5. The Balaban J connectivity index is 1.63. The topological polar surface area (TPSA) is 72.4 Å². The second kappa shape index (κ2) is 6.65. The molecule has 0 saturated heterocycles. The van der Waals surface area contributed by atoms with Crippen LogP contribution in [0.4, 0.5) is 0 Å². The fourth-order valence-corrected chi connectivity index (χ4v) is 2.86. The molecule has 0 spiro atoms. The molecule has 0 aliphatic heterocycles. The van der Waals surface area contributed by atoms with Gasteiger partial charge in [0.1, 0.15) is 17.1 Å². The lowest BCUT2D eigenvalue weighted by atomic mass is 10.1. The average Bonchev–Trinajstić information content (AvgIpc) is 3.26. The van der Waals surface area contributed by atoms with Crippen LogP contribution < -0.4 is 5.32 Å². The Morgan fingerprint density at radius 2 is 2.00 bits per heavy atom. The number of fused-ring (bicyclic) bond motifs is 1. The van der Waals surface area contributed by atoms with Crippen molar-refractivity contribution in [2.45, 2.75) is 13.5 Å². The number of amides is 1. The summed E-state index contributed by atoms with van der Waals surface area (Å²) in [7, 11) is 0. The van der Waals surface area contributed by atoms with Crippen LogP contribution in [0.5, 0.6) is 0 Å². The van der Waals surface area contributed by atoms with Gasteiger partial charge < -0.3 is 9.73 Å². The Morgan fingerprint density at radius 3 is 2.73 bits per heavy atom. The van der Waals surface area contributed by atoms with Crippen LogP contribution in [0.1, 0.15) is 21.9 Å². The van der Waals surface area contributed by atoms with Crippen molar-refractivity contribution in [1.29, 1.82) is 0 Å². The molecule has 0 atom stereocenters. The molecule has 3 aromatic heterocycles. The van der Waals surface area contributed by atoms with Crippen LogP contribution in [-0.4, -0.2) is 20.5 Å². The largest absolute Gasteiger partial charge is 0.465 e. The molecule has 0 aliphatic rings. The van der Waals surface area contributed by atoms with Crippen molar-refractivity contribution in [1.82, 2.24) is 19.9 Å². The molecule has 6 nitrogen and oxygen atoms in total. The Kier molecular flexibility index (Phi) is 4.18. The Morgan fingerprint density at radius 1 is 1.19 bits per heavy atom. The lowest BCUT2D eigenvalue weighted by Gasteiger charge is -2.05. The normalized spacial score (nSPS) is 11.0. The van der Waals surface area contributed by atoms with Crippen LogP contribution >= 0.6 is 11.6 Å². The van der Waals surface area contributed by atoms with Crippen molar-refractivity contribution in [3.8, 4) is 11.3 Å². The molecule has 130 valence electrons. The molecular formula is C19H15ClN4O2. The standard InChI is InChI=1S/C19H15ClN4O2/c1-12-2-7-15(26-12)10-22-19(25)16-11-23-24-17(8-9-21-18(16)24)13-3-5-14(20)6-4-13/h2-9,11H,10H2,1H3,(H,22,25). The second-order valence-corrected chi connectivity index (χ2v) is 6.26. The summed E-state index contributed by atoms with van der Waals surface area (Å²) in [5.41, 5.74) is 2.66. The third-order valence-electron chi connectivity index (χ3n) is 4.01. The van der Waals surface area contributed by atoms with Crippen LogP contribution in [0, 0.1) is 6.92 Å². The lowest BCUT2D eigenvalue weighted by Crippen LogP contribution is -2.22. The van der Waals surface area contributed by atoms with Gasteiger partial charge in [-0.15, -0.1) is 0 Å². The molecular weight excluding hydrogens is 352 g/mol. The van der Waals surface area contributed by atoms with E-state index in [1.165, 1.54) is 6.20 Å². The minimum atomic E-state index is -0.255. The van der Waals surface area contributed by atoms with Gasteiger partial charge in [0.15, 0.2) is 5.65 Å². The number of carbonyl (C=O) groups excluding carboxylic acids is 1. The Bertz CT molecular complexity index is 1080. The number of rotatable bonds is 4. The van der Waals surface area contributed by atoms with Crippen LogP contribution in [0.3, 0.4) is 0 Å². The third-order valence-corrected chi connectivity index (χ3v) is 4.26. The van der Waals surface area contributed by atoms with Gasteiger partial charge in [0.05, 0.1) is 18.4 Å². The molecule has 7 heteroatoms. The fourth-order valence-electron chi connectivity index (χ4n) is 2.73. The number of halogens is 1. The van der Waals surface area contributed by atoms with E-state index in [1.54, 1.807) is 10.7 Å². The van der Waals surface area contributed by atoms with E-state index in [2.05, 4.69) is 15.4 Å². The highest BCUT2D eigenvalue weighted by Gasteiger charge is 2.16. The van der Waals surface area contributed by atoms with Crippen molar-refractivity contribution in [3.05, 3.63) is 77.0 Å². The zero-order valence-corrected chi connectivity index (χ0v) is 14.7. The number of furan rings is 1. The molecule has 0 radical (unpaired) electrons. The zero-order chi connectivity index (χ0) is 18.1. The summed E-state index contributed by atoms with van der Waals surface area (Å²) in [6, 6.07) is 13.0. The van der Waals surface area contributed by atoms with Crippen molar-refractivity contribution >= 4 is 23.2 Å². The SMILES string of the molecule is Cc1ccc(CNC(=O)c2cnn3c(-c4ccc(Cl)cc4)ccnc23)o1. The number of nitrogens with zero attached hydrogens (tertiary/aromatic N) is 3. The fraction of sp³-hybridized carbons (Fsp3) is 0.105. The number of aryl methyl sites for hydroxylation is 1. The minimum absolute atomic E-state index is 0.255. The summed E-state index contributed by atoms with van der Waals surface area (Å²) in [6.07, 6.45) is 3.18. The highest BCUT2D eigenvalue weighted by molar-refractivity contribution is 6.30. The number of aromatic nitrogens is 3. The quantitative estimate of drug-likeness (QED) is 0.595. The van der Waals surface area contributed by atoms with Gasteiger partial charge in [0, 0.05) is 16.8 Å². The van der Waals surface area contributed by atoms with E-state index < -0.39 is 0 Å². The van der Waals surface area contributed by atoms with E-state index in [0.717, 1.165) is 17.0 Å². The van der Waals surface area contributed by atoms with E-state index in [9.17, 15) is 4.79 Å². The van der Waals surface area contributed by atoms with Gasteiger partial charge in [-0.25, -0.2) is 9.50 Å². The van der Waals surface area contributed by atoms with E-state index in [1.807, 2.05) is 49.4 Å². The van der Waals surface area contributed by atoms with Gasteiger partial charge >= 0.3 is 0 Å². The summed E-state index contributed by atoms with van der Waals surface area (Å²) in [5.74, 6) is 1.25. The molecule has 1 aromatic carbocycles. The zero-order valence-electron chi connectivity index (χ0n) is 13.9. The van der Waals surface area contributed by atoms with Crippen LogP contribution in [-0.2, 0) is 6.54 Å². The maximum absolute atomic E-state index is 12.5.